The van der Waals surface area contributed by atoms with E-state index in [-0.39, 0.29) is 51.0 Å². The number of allylic oxidation sites excluding steroid dienone is 2. The molecule has 262 valence electrons. The minimum Gasteiger partial charge on any atom is -0.300 e. The zero-order valence-corrected chi connectivity index (χ0v) is 30.8. The van der Waals surface area contributed by atoms with Gasteiger partial charge in [-0.2, -0.15) is 0 Å². The summed E-state index contributed by atoms with van der Waals surface area (Å²) in [7, 11) is 0. The number of hydrogen-bond acceptors (Lipinski definition) is 5. The smallest absolute Gasteiger partial charge is 0.155 e. The van der Waals surface area contributed by atoms with Crippen molar-refractivity contribution in [2.75, 3.05) is 0 Å². The maximum Gasteiger partial charge on any atom is 0.155 e. The van der Waals surface area contributed by atoms with Crippen molar-refractivity contribution in [2.24, 2.45) is 74.9 Å². The minimum atomic E-state index is -0.133. The fourth-order valence-electron chi connectivity index (χ4n) is 14.8. The van der Waals surface area contributed by atoms with Gasteiger partial charge >= 0.3 is 0 Å². The molecule has 0 bridgehead atoms. The molecule has 6 saturated carbocycles. The monoisotopic (exact) mass is 656 g/mol. The van der Waals surface area contributed by atoms with Gasteiger partial charge in [0.25, 0.3) is 0 Å². The summed E-state index contributed by atoms with van der Waals surface area (Å²) in [6.45, 7) is 15.1. The molecule has 0 radical (unpaired) electrons. The quantitative estimate of drug-likeness (QED) is 0.296. The van der Waals surface area contributed by atoms with Crippen LogP contribution in [0.2, 0.25) is 0 Å². The van der Waals surface area contributed by atoms with Crippen LogP contribution in [0.5, 0.6) is 0 Å². The molecule has 0 amide bonds. The van der Waals surface area contributed by atoms with Gasteiger partial charge in [0.1, 0.15) is 17.3 Å². The second-order valence-corrected chi connectivity index (χ2v) is 19.0. The van der Waals surface area contributed by atoms with Crippen LogP contribution in [0.25, 0.3) is 0 Å². The first-order valence-electron chi connectivity index (χ1n) is 19.6. The summed E-state index contributed by atoms with van der Waals surface area (Å²) in [4.78, 5) is 61.5. The fraction of sp³-hybridized carbons (Fsp3) is 0.791. The molecule has 5 nitrogen and oxygen atoms in total. The molecule has 13 atom stereocenters. The van der Waals surface area contributed by atoms with Crippen LogP contribution >= 0.6 is 0 Å². The van der Waals surface area contributed by atoms with E-state index in [1.54, 1.807) is 6.92 Å². The molecule has 0 aromatic rings. The third-order valence-electron chi connectivity index (χ3n) is 16.9. The third kappa shape index (κ3) is 4.92. The maximum absolute atomic E-state index is 13.3. The van der Waals surface area contributed by atoms with Gasteiger partial charge in [-0.15, -0.1) is 0 Å². The maximum atomic E-state index is 13.3. The molecule has 0 aliphatic heterocycles. The number of carbonyl (C=O) groups is 5. The number of rotatable bonds is 2. The van der Waals surface area contributed by atoms with Crippen LogP contribution in [0, 0.1) is 74.9 Å². The highest BCUT2D eigenvalue weighted by Gasteiger charge is 2.63. The molecule has 1 unspecified atom stereocenters. The van der Waals surface area contributed by atoms with Crippen LogP contribution in [-0.4, -0.2) is 28.9 Å². The summed E-state index contributed by atoms with van der Waals surface area (Å²) < 4.78 is 0. The van der Waals surface area contributed by atoms with Gasteiger partial charge in [-0.3, -0.25) is 24.0 Å². The lowest BCUT2D eigenvalue weighted by Gasteiger charge is -2.58. The van der Waals surface area contributed by atoms with Crippen molar-refractivity contribution in [3.8, 4) is 0 Å². The second-order valence-electron chi connectivity index (χ2n) is 19.0. The van der Waals surface area contributed by atoms with Gasteiger partial charge in [0.2, 0.25) is 0 Å². The van der Waals surface area contributed by atoms with Crippen LogP contribution in [0.1, 0.15) is 138 Å². The summed E-state index contributed by atoms with van der Waals surface area (Å²) in [6, 6.07) is 0. The average Bonchev–Trinajstić information content (AvgIpc) is 3.50. The summed E-state index contributed by atoms with van der Waals surface area (Å²) >= 11 is 0. The summed E-state index contributed by atoms with van der Waals surface area (Å²) in [6.07, 6.45) is 17.6. The van der Waals surface area contributed by atoms with E-state index in [1.165, 1.54) is 36.8 Å². The lowest BCUT2D eigenvalue weighted by atomic mass is 9.46. The van der Waals surface area contributed by atoms with Gasteiger partial charge in [-0.1, -0.05) is 45.8 Å². The van der Waals surface area contributed by atoms with Crippen LogP contribution in [0.15, 0.2) is 23.3 Å². The summed E-state index contributed by atoms with van der Waals surface area (Å²) in [5, 5.41) is 0. The molecule has 0 spiro atoms. The van der Waals surface area contributed by atoms with Crippen molar-refractivity contribution in [3.05, 3.63) is 23.3 Å². The van der Waals surface area contributed by atoms with E-state index in [1.807, 2.05) is 19.1 Å². The minimum absolute atomic E-state index is 0.0603. The predicted molar refractivity (Wildman–Crippen MR) is 187 cm³/mol. The molecule has 0 N–H and O–H groups in total. The van der Waals surface area contributed by atoms with E-state index in [0.29, 0.717) is 53.9 Å². The fourth-order valence-corrected chi connectivity index (χ4v) is 14.8. The Hall–Kier alpha value is -2.17. The Kier molecular flexibility index (Phi) is 8.35. The normalized spacial score (nSPS) is 49.1. The van der Waals surface area contributed by atoms with Crippen LogP contribution < -0.4 is 0 Å². The topological polar surface area (TPSA) is 85.3 Å². The van der Waals surface area contributed by atoms with Gasteiger partial charge < -0.3 is 0 Å². The number of Topliss-reactive ketones (excluding diaryl/α,β-unsaturated/α-hetero) is 3. The van der Waals surface area contributed by atoms with Crippen molar-refractivity contribution in [2.45, 2.75) is 138 Å². The first-order chi connectivity index (χ1) is 22.5. The van der Waals surface area contributed by atoms with Gasteiger partial charge in [0.15, 0.2) is 11.6 Å². The van der Waals surface area contributed by atoms with Gasteiger partial charge in [0, 0.05) is 37.0 Å². The number of hydrogen-bond donors (Lipinski definition) is 0. The SMILES string of the molecule is CC(=O)[C@H]1C(C)C[C@H]2[C@@H]3CCC4=CC(=O)CC[C@]4(C)[C@H]3CC[C@]12C.CC(=O)[C@H]1CC[C@H]2[C@@H]3CCC4=CC(=O)CC[C@]4(C)[C@H]3C(=O)C[C@]12C. The zero-order chi connectivity index (χ0) is 34.6. The average molecular weight is 657 g/mol. The van der Waals surface area contributed by atoms with Gasteiger partial charge in [-0.25, -0.2) is 0 Å². The lowest BCUT2D eigenvalue weighted by Crippen LogP contribution is -2.55. The number of carbonyl (C=O) groups excluding carboxylic acids is 5. The Labute approximate surface area is 288 Å². The van der Waals surface area contributed by atoms with Gasteiger partial charge in [-0.05, 0) is 154 Å². The van der Waals surface area contributed by atoms with Crippen LogP contribution in [-0.2, 0) is 24.0 Å². The van der Waals surface area contributed by atoms with E-state index in [9.17, 15) is 24.0 Å². The first-order valence-corrected chi connectivity index (χ1v) is 19.6. The van der Waals surface area contributed by atoms with E-state index < -0.39 is 0 Å². The summed E-state index contributed by atoms with van der Waals surface area (Å²) in [5.74, 6) is 5.60. The van der Waals surface area contributed by atoms with Crippen molar-refractivity contribution >= 4 is 28.9 Å². The van der Waals surface area contributed by atoms with E-state index in [0.717, 1.165) is 63.2 Å². The summed E-state index contributed by atoms with van der Waals surface area (Å²) in [5.41, 5.74) is 2.87. The Bertz CT molecular complexity index is 1500. The first kappa shape index (κ1) is 34.3. The molecule has 8 aliphatic carbocycles. The molecule has 0 aromatic heterocycles. The number of fused-ring (bicyclic) bond motifs is 10. The largest absolute Gasteiger partial charge is 0.300 e. The molecule has 0 heterocycles. The second kappa shape index (κ2) is 11.7. The highest BCUT2D eigenvalue weighted by atomic mass is 16.1. The van der Waals surface area contributed by atoms with E-state index in [2.05, 4.69) is 34.6 Å². The molecular formula is C43H60O5. The molecule has 0 saturated heterocycles. The molecule has 8 aliphatic rings. The molecular weight excluding hydrogens is 596 g/mol. The van der Waals surface area contributed by atoms with Crippen molar-refractivity contribution < 1.29 is 24.0 Å². The molecule has 0 aromatic carbocycles. The van der Waals surface area contributed by atoms with Crippen molar-refractivity contribution in [1.29, 1.82) is 0 Å². The lowest BCUT2D eigenvalue weighted by molar-refractivity contribution is -0.148. The highest BCUT2D eigenvalue weighted by molar-refractivity contribution is 5.93. The Balaban J connectivity index is 0.000000152. The van der Waals surface area contributed by atoms with Crippen LogP contribution in [0.3, 0.4) is 0 Å². The zero-order valence-electron chi connectivity index (χ0n) is 30.8. The Morgan fingerprint density at radius 2 is 1.25 bits per heavy atom. The van der Waals surface area contributed by atoms with Crippen molar-refractivity contribution in [3.63, 3.8) is 0 Å². The Morgan fingerprint density at radius 1 is 0.646 bits per heavy atom. The molecule has 48 heavy (non-hydrogen) atoms. The van der Waals surface area contributed by atoms with E-state index >= 15 is 0 Å². The third-order valence-corrected chi connectivity index (χ3v) is 16.9. The molecule has 5 heteroatoms. The standard InChI is InChI=1S/C22H32O2.C21H28O3/c1-13-11-19-17-6-5-15-12-16(24)7-9-21(15,3)18(17)8-10-22(19,4)20(13)14(2)23;1-12(22)16-6-7-17-15-5-4-13-10-14(23)8-9-20(13,2)19(15)18(24)11-21(16,17)3/h12-13,17-20H,5-11H2,1-4H3;10,15-17,19H,4-9,11H2,1-3H3/t13?,17-,18+,19+,20-,21+,22+;15-,16+,17-,19+,20-,21+/m10/s1. The molecule has 8 rings (SSSR count). The highest BCUT2D eigenvalue weighted by Crippen LogP contribution is 2.68. The van der Waals surface area contributed by atoms with Crippen molar-refractivity contribution in [1.82, 2.24) is 0 Å². The number of ketones is 5. The van der Waals surface area contributed by atoms with Crippen LogP contribution in [0.4, 0.5) is 0 Å². The predicted octanol–water partition coefficient (Wildman–Crippen LogP) is 8.87. The Morgan fingerprint density at radius 3 is 1.88 bits per heavy atom. The molecule has 6 fully saturated rings. The van der Waals surface area contributed by atoms with Gasteiger partial charge in [0.05, 0.1) is 0 Å². The van der Waals surface area contributed by atoms with E-state index in [4.69, 9.17) is 0 Å².